The average Bonchev–Trinajstić information content (AvgIpc) is 3.07. The summed E-state index contributed by atoms with van der Waals surface area (Å²) in [6.07, 6.45) is 2.93. The van der Waals surface area contributed by atoms with Crippen LogP contribution in [0.5, 0.6) is 0 Å². The highest BCUT2D eigenvalue weighted by molar-refractivity contribution is 5.78. The van der Waals surface area contributed by atoms with E-state index in [0.29, 0.717) is 41.0 Å². The van der Waals surface area contributed by atoms with E-state index in [4.69, 9.17) is 14.7 Å². The fourth-order valence-electron chi connectivity index (χ4n) is 6.35. The number of allylic oxidation sites excluding steroid dienone is 4. The molecule has 0 radical (unpaired) electrons. The Morgan fingerprint density at radius 1 is 1.17 bits per heavy atom. The van der Waals surface area contributed by atoms with Crippen LogP contribution in [-0.2, 0) is 20.8 Å². The Morgan fingerprint density at radius 2 is 2.00 bits per heavy atom. The van der Waals surface area contributed by atoms with Crippen molar-refractivity contribution in [3.63, 3.8) is 0 Å². The number of benzene rings is 1. The molecule has 4 aliphatic rings. The standard InChI is InChI=1S/C33H37F2N9O3/c1-21-28(19-46-21)43-12-10-42(11-13-43)17-23-2-4-25(15-26(23)34)40-33-39-20-38-32(41-33)22-3-5-29(24(14-22)16-37)47-30-7-9-44(18-27(30)35)31(45)6-8-36/h2-5,15,20-21,24,27-28,30H,6-7,9-14,17-19H2,1H3,(H,38,39,40,41)/t21-,24?,27-,28?,30+/m1/s1. The summed E-state index contributed by atoms with van der Waals surface area (Å²) in [6.45, 7) is 7.20. The zero-order valence-electron chi connectivity index (χ0n) is 26.2. The second-order valence-corrected chi connectivity index (χ2v) is 12.3. The van der Waals surface area contributed by atoms with Gasteiger partial charge in [-0.2, -0.15) is 15.5 Å². The first-order chi connectivity index (χ1) is 22.8. The van der Waals surface area contributed by atoms with Gasteiger partial charge in [0.1, 0.15) is 36.3 Å². The van der Waals surface area contributed by atoms with Crippen LogP contribution in [0.4, 0.5) is 20.4 Å². The SMILES string of the molecule is C[C@H]1OCC1N1CCN(Cc2ccc(Nc3ncnc(C4=CC=C(O[C@H]5CCN(C(=O)CC#N)C[C@H]5F)C(C#N)C4)n3)cc2F)CC1. The summed E-state index contributed by atoms with van der Waals surface area (Å²) in [5, 5.41) is 21.7. The molecule has 12 nitrogen and oxygen atoms in total. The van der Waals surface area contributed by atoms with E-state index in [9.17, 15) is 14.4 Å². The number of piperazine rings is 1. The number of nitrogens with zero attached hydrogens (tertiary/aromatic N) is 8. The topological polar surface area (TPSA) is 144 Å². The van der Waals surface area contributed by atoms with Gasteiger partial charge in [-0.25, -0.2) is 18.7 Å². The van der Waals surface area contributed by atoms with Gasteiger partial charge >= 0.3 is 0 Å². The van der Waals surface area contributed by atoms with E-state index in [0.717, 1.165) is 32.8 Å². The number of alkyl halides is 1. The lowest BCUT2D eigenvalue weighted by atomic mass is 9.92. The Morgan fingerprint density at radius 3 is 2.68 bits per heavy atom. The number of ether oxygens (including phenoxy) is 2. The van der Waals surface area contributed by atoms with Crippen LogP contribution in [0.15, 0.2) is 42.4 Å². The number of nitriles is 2. The van der Waals surface area contributed by atoms with Gasteiger partial charge in [0.05, 0.1) is 37.4 Å². The number of carbonyl (C=O) groups excluding carboxylic acids is 1. The zero-order valence-corrected chi connectivity index (χ0v) is 26.2. The third-order valence-corrected chi connectivity index (χ3v) is 9.23. The summed E-state index contributed by atoms with van der Waals surface area (Å²) in [4.78, 5) is 31.0. The number of halogens is 2. The van der Waals surface area contributed by atoms with Crippen molar-refractivity contribution in [2.24, 2.45) is 5.92 Å². The van der Waals surface area contributed by atoms with Crippen molar-refractivity contribution >= 4 is 23.1 Å². The van der Waals surface area contributed by atoms with E-state index in [1.54, 1.807) is 30.4 Å². The molecule has 1 amide bonds. The van der Waals surface area contributed by atoms with Crippen LogP contribution in [0.2, 0.25) is 0 Å². The minimum absolute atomic E-state index is 0.155. The van der Waals surface area contributed by atoms with E-state index < -0.39 is 24.1 Å². The maximum atomic E-state index is 15.1. The van der Waals surface area contributed by atoms with Gasteiger partial charge in [0.15, 0.2) is 12.0 Å². The lowest BCUT2D eigenvalue weighted by Gasteiger charge is -2.46. The molecule has 4 heterocycles. The monoisotopic (exact) mass is 645 g/mol. The number of rotatable bonds is 9. The fourth-order valence-corrected chi connectivity index (χ4v) is 6.35. The van der Waals surface area contributed by atoms with Crippen molar-refractivity contribution in [2.45, 2.75) is 57.2 Å². The van der Waals surface area contributed by atoms with Crippen molar-refractivity contribution in [2.75, 3.05) is 51.2 Å². The lowest BCUT2D eigenvalue weighted by Crippen LogP contribution is -2.59. The number of amides is 1. The quantitative estimate of drug-likeness (QED) is 0.429. The van der Waals surface area contributed by atoms with Crippen LogP contribution in [0.1, 0.15) is 37.6 Å². The summed E-state index contributed by atoms with van der Waals surface area (Å²) in [5.41, 5.74) is 1.79. The van der Waals surface area contributed by atoms with E-state index in [2.05, 4.69) is 43.1 Å². The molecule has 2 aromatic rings. The highest BCUT2D eigenvalue weighted by Crippen LogP contribution is 2.33. The van der Waals surface area contributed by atoms with E-state index in [1.807, 2.05) is 0 Å². The molecule has 1 aliphatic carbocycles. The second kappa shape index (κ2) is 14.5. The molecule has 0 bridgehead atoms. The van der Waals surface area contributed by atoms with Gasteiger partial charge < -0.3 is 19.7 Å². The van der Waals surface area contributed by atoms with Gasteiger partial charge in [-0.05, 0) is 37.1 Å². The molecule has 14 heteroatoms. The molecule has 0 saturated carbocycles. The van der Waals surface area contributed by atoms with Crippen LogP contribution in [0.3, 0.4) is 0 Å². The summed E-state index contributed by atoms with van der Waals surface area (Å²) in [5.74, 6) is -0.485. The van der Waals surface area contributed by atoms with Crippen molar-refractivity contribution < 1.29 is 23.0 Å². The molecule has 3 saturated heterocycles. The Balaban J connectivity index is 1.05. The largest absolute Gasteiger partial charge is 0.490 e. The van der Waals surface area contributed by atoms with Crippen LogP contribution in [0.25, 0.3) is 5.57 Å². The Hall–Kier alpha value is -4.50. The number of piperidine rings is 1. The van der Waals surface area contributed by atoms with Gasteiger partial charge in [-0.1, -0.05) is 12.1 Å². The number of carbonyl (C=O) groups is 1. The van der Waals surface area contributed by atoms with Gasteiger partial charge in [0.25, 0.3) is 0 Å². The molecule has 47 heavy (non-hydrogen) atoms. The van der Waals surface area contributed by atoms with Gasteiger partial charge in [0, 0.05) is 56.9 Å². The predicted molar refractivity (Wildman–Crippen MR) is 167 cm³/mol. The lowest BCUT2D eigenvalue weighted by molar-refractivity contribution is -0.135. The predicted octanol–water partition coefficient (Wildman–Crippen LogP) is 3.34. The van der Waals surface area contributed by atoms with E-state index in [1.165, 1.54) is 17.3 Å². The van der Waals surface area contributed by atoms with Crippen molar-refractivity contribution in [1.29, 1.82) is 10.5 Å². The van der Waals surface area contributed by atoms with E-state index in [-0.39, 0.29) is 50.2 Å². The molecule has 246 valence electrons. The molecule has 5 atom stereocenters. The Bertz CT molecular complexity index is 1610. The maximum absolute atomic E-state index is 15.1. The van der Waals surface area contributed by atoms with Gasteiger partial charge in [-0.3, -0.25) is 14.6 Å². The first-order valence-corrected chi connectivity index (χ1v) is 15.9. The third-order valence-electron chi connectivity index (χ3n) is 9.23. The van der Waals surface area contributed by atoms with Crippen molar-refractivity contribution in [3.8, 4) is 12.1 Å². The number of hydrogen-bond donors (Lipinski definition) is 1. The van der Waals surface area contributed by atoms with Crippen LogP contribution in [0, 0.1) is 34.4 Å². The summed E-state index contributed by atoms with van der Waals surface area (Å²) < 4.78 is 41.4. The minimum Gasteiger partial charge on any atom is -0.490 e. The molecule has 3 aliphatic heterocycles. The van der Waals surface area contributed by atoms with Gasteiger partial charge in [-0.15, -0.1) is 0 Å². The van der Waals surface area contributed by atoms with Crippen molar-refractivity contribution in [3.05, 3.63) is 59.6 Å². The molecule has 1 aromatic carbocycles. The Kier molecular flexibility index (Phi) is 10.0. The minimum atomic E-state index is -1.44. The van der Waals surface area contributed by atoms with E-state index >= 15 is 4.39 Å². The number of hydrogen-bond acceptors (Lipinski definition) is 11. The summed E-state index contributed by atoms with van der Waals surface area (Å²) >= 11 is 0. The number of likely N-dealkylation sites (tertiary alicyclic amines) is 1. The smallest absolute Gasteiger partial charge is 0.236 e. The average molecular weight is 646 g/mol. The normalized spacial score (nSPS) is 26.7. The second-order valence-electron chi connectivity index (χ2n) is 12.3. The third kappa shape index (κ3) is 7.57. The molecule has 1 N–H and O–H groups in total. The fraction of sp³-hybridized carbons (Fsp3) is 0.515. The number of anilines is 2. The molecular formula is C33H37F2N9O3. The molecule has 1 aromatic heterocycles. The molecular weight excluding hydrogens is 608 g/mol. The first-order valence-electron chi connectivity index (χ1n) is 15.9. The zero-order chi connectivity index (χ0) is 32.9. The van der Waals surface area contributed by atoms with Crippen molar-refractivity contribution in [1.82, 2.24) is 29.7 Å². The van der Waals surface area contributed by atoms with Gasteiger partial charge in [0.2, 0.25) is 11.9 Å². The highest BCUT2D eigenvalue weighted by atomic mass is 19.1. The van der Waals surface area contributed by atoms with Crippen LogP contribution < -0.4 is 5.32 Å². The van der Waals surface area contributed by atoms with Crippen LogP contribution >= 0.6 is 0 Å². The Labute approximate surface area is 272 Å². The number of aromatic nitrogens is 3. The molecule has 0 spiro atoms. The maximum Gasteiger partial charge on any atom is 0.236 e. The highest BCUT2D eigenvalue weighted by Gasteiger charge is 2.36. The number of nitrogens with one attached hydrogen (secondary N) is 1. The molecule has 3 fully saturated rings. The molecule has 2 unspecified atom stereocenters. The summed E-state index contributed by atoms with van der Waals surface area (Å²) in [7, 11) is 0. The van der Waals surface area contributed by atoms with Crippen LogP contribution in [-0.4, -0.2) is 106 Å². The first kappa shape index (κ1) is 32.4. The molecule has 6 rings (SSSR count). The summed E-state index contributed by atoms with van der Waals surface area (Å²) in [6, 6.07) is 9.50.